The van der Waals surface area contributed by atoms with E-state index in [9.17, 15) is 4.79 Å². The zero-order valence-corrected chi connectivity index (χ0v) is 15.6. The Labute approximate surface area is 162 Å². The highest BCUT2D eigenvalue weighted by atomic mass is 16.5. The Morgan fingerprint density at radius 2 is 1.71 bits per heavy atom. The maximum absolute atomic E-state index is 13.1. The van der Waals surface area contributed by atoms with Crippen molar-refractivity contribution in [3.63, 3.8) is 0 Å². The Morgan fingerprint density at radius 3 is 2.46 bits per heavy atom. The maximum atomic E-state index is 13.1. The molecule has 0 aliphatic heterocycles. The molecule has 0 radical (unpaired) electrons. The van der Waals surface area contributed by atoms with Crippen LogP contribution in [0.15, 0.2) is 72.9 Å². The fraction of sp³-hybridized carbons (Fsp3) is 0.0909. The van der Waals surface area contributed by atoms with Crippen molar-refractivity contribution in [1.29, 1.82) is 0 Å². The molecule has 6 nitrogen and oxygen atoms in total. The molecule has 0 fully saturated rings. The van der Waals surface area contributed by atoms with Crippen molar-refractivity contribution in [2.45, 2.75) is 0 Å². The Hall–Kier alpha value is -3.80. The molecule has 2 aromatic heterocycles. The van der Waals surface area contributed by atoms with Crippen LogP contribution in [-0.2, 0) is 0 Å². The van der Waals surface area contributed by atoms with Crippen LogP contribution in [0.25, 0.3) is 16.9 Å². The van der Waals surface area contributed by atoms with Crippen LogP contribution in [0.5, 0.6) is 11.5 Å². The SMILES string of the molecule is COc1cccc(C(=O)Nc2c(-c3ccccc3)[nH]c3cccc[n+]23)c1OC. The minimum Gasteiger partial charge on any atom is -0.493 e. The third-order valence-electron chi connectivity index (χ3n) is 4.53. The van der Waals surface area contributed by atoms with Crippen LogP contribution in [0.3, 0.4) is 0 Å². The first-order chi connectivity index (χ1) is 13.7. The quantitative estimate of drug-likeness (QED) is 0.524. The lowest BCUT2D eigenvalue weighted by atomic mass is 10.1. The van der Waals surface area contributed by atoms with Crippen LogP contribution < -0.4 is 19.2 Å². The number of hydrogen-bond donors (Lipinski definition) is 2. The molecule has 1 amide bonds. The van der Waals surface area contributed by atoms with Crippen LogP contribution in [0.4, 0.5) is 5.82 Å². The lowest BCUT2D eigenvalue weighted by molar-refractivity contribution is -0.493. The number of hydrogen-bond acceptors (Lipinski definition) is 3. The molecule has 0 spiro atoms. The van der Waals surface area contributed by atoms with Crippen molar-refractivity contribution in [3.8, 4) is 22.8 Å². The Bertz CT molecular complexity index is 1140. The molecule has 4 aromatic rings. The highest BCUT2D eigenvalue weighted by molar-refractivity contribution is 6.07. The smallest absolute Gasteiger partial charge is 0.315 e. The van der Waals surface area contributed by atoms with Crippen molar-refractivity contribution in [2.24, 2.45) is 0 Å². The van der Waals surface area contributed by atoms with Gasteiger partial charge in [0.15, 0.2) is 17.2 Å². The minimum absolute atomic E-state index is 0.287. The molecular weight excluding hydrogens is 354 g/mol. The molecule has 6 heteroatoms. The van der Waals surface area contributed by atoms with E-state index in [0.717, 1.165) is 16.9 Å². The van der Waals surface area contributed by atoms with Gasteiger partial charge < -0.3 is 9.47 Å². The summed E-state index contributed by atoms with van der Waals surface area (Å²) >= 11 is 0. The topological polar surface area (TPSA) is 67.5 Å². The highest BCUT2D eigenvalue weighted by Gasteiger charge is 2.25. The number of pyridine rings is 1. The van der Waals surface area contributed by atoms with Gasteiger partial charge in [-0.05, 0) is 18.2 Å². The first kappa shape index (κ1) is 17.6. The van der Waals surface area contributed by atoms with E-state index in [1.807, 2.05) is 59.1 Å². The van der Waals surface area contributed by atoms with E-state index < -0.39 is 0 Å². The Balaban J connectivity index is 1.81. The predicted molar refractivity (Wildman–Crippen MR) is 107 cm³/mol. The number of benzene rings is 2. The van der Waals surface area contributed by atoms with Crippen LogP contribution in [0, 0.1) is 0 Å². The molecule has 140 valence electrons. The van der Waals surface area contributed by atoms with Crippen molar-refractivity contribution in [1.82, 2.24) is 4.98 Å². The number of methoxy groups -OCH3 is 2. The second-order valence-electron chi connectivity index (χ2n) is 6.17. The summed E-state index contributed by atoms with van der Waals surface area (Å²) in [6.45, 7) is 0. The zero-order valence-electron chi connectivity index (χ0n) is 15.6. The number of para-hydroxylation sites is 1. The van der Waals surface area contributed by atoms with Crippen LogP contribution >= 0.6 is 0 Å². The van der Waals surface area contributed by atoms with Gasteiger partial charge in [0.05, 0.1) is 20.4 Å². The molecule has 0 saturated carbocycles. The predicted octanol–water partition coefficient (Wildman–Crippen LogP) is 3.69. The molecule has 0 aliphatic rings. The number of ether oxygens (including phenoxy) is 2. The standard InChI is InChI=1S/C22H19N3O3/c1-27-17-12-8-11-16(20(17)28-2)22(26)24-21-19(15-9-4-3-5-10-15)23-18-13-6-7-14-25(18)21/h3-14H,1-2H3,(H,24,26)/p+1. The fourth-order valence-corrected chi connectivity index (χ4v) is 3.22. The third kappa shape index (κ3) is 3.05. The van der Waals surface area contributed by atoms with Crippen molar-refractivity contribution < 1.29 is 18.7 Å². The van der Waals surface area contributed by atoms with E-state index in [1.54, 1.807) is 25.3 Å². The normalized spacial score (nSPS) is 10.6. The number of imidazole rings is 1. The van der Waals surface area contributed by atoms with Gasteiger partial charge in [0.2, 0.25) is 5.65 Å². The molecule has 2 aromatic carbocycles. The number of H-pyrrole nitrogens is 1. The van der Waals surface area contributed by atoms with Gasteiger partial charge in [-0.15, -0.1) is 0 Å². The van der Waals surface area contributed by atoms with Gasteiger partial charge in [-0.25, -0.2) is 9.72 Å². The van der Waals surface area contributed by atoms with E-state index in [-0.39, 0.29) is 5.91 Å². The number of anilines is 1. The summed E-state index contributed by atoms with van der Waals surface area (Å²) in [4.78, 5) is 16.5. The van der Waals surface area contributed by atoms with Crippen LogP contribution in [0.2, 0.25) is 0 Å². The third-order valence-corrected chi connectivity index (χ3v) is 4.53. The van der Waals surface area contributed by atoms with E-state index >= 15 is 0 Å². The second kappa shape index (κ2) is 7.44. The number of rotatable bonds is 5. The molecule has 0 saturated heterocycles. The largest absolute Gasteiger partial charge is 0.493 e. The molecule has 2 N–H and O–H groups in total. The zero-order chi connectivity index (χ0) is 19.5. The monoisotopic (exact) mass is 374 g/mol. The van der Waals surface area contributed by atoms with Crippen LogP contribution in [-0.4, -0.2) is 25.1 Å². The maximum Gasteiger partial charge on any atom is 0.315 e. The number of carbonyl (C=O) groups is 1. The molecule has 2 heterocycles. The molecule has 0 unspecified atom stereocenters. The molecule has 28 heavy (non-hydrogen) atoms. The number of aromatic amines is 1. The van der Waals surface area contributed by atoms with Gasteiger partial charge in [0.25, 0.3) is 5.82 Å². The number of aromatic nitrogens is 2. The summed E-state index contributed by atoms with van der Waals surface area (Å²) in [5.41, 5.74) is 3.06. The van der Waals surface area contributed by atoms with Gasteiger partial charge >= 0.3 is 5.91 Å². The average Bonchev–Trinajstić information content (AvgIpc) is 3.12. The number of carbonyl (C=O) groups excluding carboxylic acids is 1. The number of amides is 1. The van der Waals surface area contributed by atoms with Crippen molar-refractivity contribution in [2.75, 3.05) is 19.5 Å². The fourth-order valence-electron chi connectivity index (χ4n) is 3.22. The van der Waals surface area contributed by atoms with Gasteiger partial charge in [-0.2, -0.15) is 0 Å². The minimum atomic E-state index is -0.287. The first-order valence-electron chi connectivity index (χ1n) is 8.83. The summed E-state index contributed by atoms with van der Waals surface area (Å²) in [6, 6.07) is 20.9. The number of fused-ring (bicyclic) bond motifs is 1. The summed E-state index contributed by atoms with van der Waals surface area (Å²) in [5.74, 6) is 1.26. The summed E-state index contributed by atoms with van der Waals surface area (Å²) in [7, 11) is 3.06. The van der Waals surface area contributed by atoms with E-state index in [4.69, 9.17) is 9.47 Å². The lowest BCUT2D eigenvalue weighted by Crippen LogP contribution is -2.27. The molecular formula is C22H20N3O3+. The van der Waals surface area contributed by atoms with E-state index in [0.29, 0.717) is 22.9 Å². The molecule has 0 bridgehead atoms. The van der Waals surface area contributed by atoms with Gasteiger partial charge in [-0.3, -0.25) is 9.78 Å². The van der Waals surface area contributed by atoms with Gasteiger partial charge in [0.1, 0.15) is 5.56 Å². The second-order valence-corrected chi connectivity index (χ2v) is 6.17. The Kier molecular flexibility index (Phi) is 4.68. The van der Waals surface area contributed by atoms with E-state index in [1.165, 1.54) is 7.11 Å². The summed E-state index contributed by atoms with van der Waals surface area (Å²) in [6.07, 6.45) is 1.90. The van der Waals surface area contributed by atoms with Gasteiger partial charge in [0, 0.05) is 11.6 Å². The number of nitrogens with one attached hydrogen (secondary N) is 2. The van der Waals surface area contributed by atoms with E-state index in [2.05, 4.69) is 10.3 Å². The van der Waals surface area contributed by atoms with Crippen molar-refractivity contribution >= 4 is 17.4 Å². The molecule has 0 aliphatic carbocycles. The van der Waals surface area contributed by atoms with Crippen molar-refractivity contribution in [3.05, 3.63) is 78.5 Å². The molecule has 4 rings (SSSR count). The summed E-state index contributed by atoms with van der Waals surface area (Å²) < 4.78 is 12.6. The van der Waals surface area contributed by atoms with Gasteiger partial charge in [-0.1, -0.05) is 42.5 Å². The number of nitrogens with zero attached hydrogens (tertiary/aromatic N) is 1. The Morgan fingerprint density at radius 1 is 0.929 bits per heavy atom. The molecule has 0 atom stereocenters. The highest BCUT2D eigenvalue weighted by Crippen LogP contribution is 2.32. The average molecular weight is 374 g/mol. The summed E-state index contributed by atoms with van der Waals surface area (Å²) in [5, 5.41) is 3.03. The lowest BCUT2D eigenvalue weighted by Gasteiger charge is -2.11. The van der Waals surface area contributed by atoms with Crippen LogP contribution in [0.1, 0.15) is 10.4 Å². The first-order valence-corrected chi connectivity index (χ1v) is 8.83.